The predicted molar refractivity (Wildman–Crippen MR) is 148 cm³/mol. The quantitative estimate of drug-likeness (QED) is 0.175. The standard InChI is InChI=1S/C28H32ClNO2.C2H2O4/c1-30(2)19-8-20-32-26-17-13-22(14-18-26)9-6-7-10-23-15-16-25(29)21-27(23)28(31)24-11-4-3-5-12-24;3-1(4)2(5)6/h3-5,11-18,21H,6-10,19-20H2,1-2H3;(H,3,4)(H,5,6). The highest BCUT2D eigenvalue weighted by Gasteiger charge is 2.14. The topological polar surface area (TPSA) is 104 Å². The van der Waals surface area contributed by atoms with Crippen LogP contribution in [0.3, 0.4) is 0 Å². The molecule has 0 bridgehead atoms. The van der Waals surface area contributed by atoms with E-state index in [0.29, 0.717) is 16.1 Å². The van der Waals surface area contributed by atoms with Gasteiger partial charge in [-0.1, -0.05) is 60.1 Å². The molecule has 0 unspecified atom stereocenters. The summed E-state index contributed by atoms with van der Waals surface area (Å²) in [6.45, 7) is 1.77. The molecule has 0 aliphatic heterocycles. The molecule has 2 N–H and O–H groups in total. The van der Waals surface area contributed by atoms with Crippen molar-refractivity contribution in [3.05, 3.63) is 100 Å². The lowest BCUT2D eigenvalue weighted by Gasteiger charge is -2.11. The Morgan fingerprint density at radius 2 is 1.45 bits per heavy atom. The van der Waals surface area contributed by atoms with E-state index in [4.69, 9.17) is 36.1 Å². The van der Waals surface area contributed by atoms with Crippen LogP contribution in [0.4, 0.5) is 0 Å². The number of hydrogen-bond donors (Lipinski definition) is 2. The smallest absolute Gasteiger partial charge is 0.414 e. The number of aliphatic carboxylic acids is 2. The Labute approximate surface area is 228 Å². The van der Waals surface area contributed by atoms with E-state index in [-0.39, 0.29) is 5.78 Å². The third-order valence-electron chi connectivity index (χ3n) is 5.64. The molecule has 8 heteroatoms. The van der Waals surface area contributed by atoms with Gasteiger partial charge in [-0.3, -0.25) is 4.79 Å². The van der Waals surface area contributed by atoms with Gasteiger partial charge in [0.25, 0.3) is 0 Å². The molecular formula is C30H34ClNO6. The molecule has 0 saturated carbocycles. The summed E-state index contributed by atoms with van der Waals surface area (Å²) in [5, 5.41) is 15.4. The van der Waals surface area contributed by atoms with Gasteiger partial charge in [0.2, 0.25) is 0 Å². The van der Waals surface area contributed by atoms with Gasteiger partial charge in [-0.25, -0.2) is 9.59 Å². The fraction of sp³-hybridized carbons (Fsp3) is 0.300. The maximum Gasteiger partial charge on any atom is 0.414 e. The molecule has 0 fully saturated rings. The van der Waals surface area contributed by atoms with Gasteiger partial charge in [0.05, 0.1) is 6.61 Å². The maximum absolute atomic E-state index is 13.0. The van der Waals surface area contributed by atoms with Gasteiger partial charge in [0.15, 0.2) is 5.78 Å². The Morgan fingerprint density at radius 3 is 2.05 bits per heavy atom. The van der Waals surface area contributed by atoms with Gasteiger partial charge in [-0.05, 0) is 81.6 Å². The van der Waals surface area contributed by atoms with Crippen molar-refractivity contribution >= 4 is 29.3 Å². The highest BCUT2D eigenvalue weighted by atomic mass is 35.5. The molecular weight excluding hydrogens is 506 g/mol. The fourth-order valence-electron chi connectivity index (χ4n) is 3.69. The first-order chi connectivity index (χ1) is 18.2. The number of unbranched alkanes of at least 4 members (excludes halogenated alkanes) is 1. The average molecular weight is 540 g/mol. The number of carboxylic acids is 2. The molecule has 3 rings (SSSR count). The van der Waals surface area contributed by atoms with Crippen LogP contribution in [0.15, 0.2) is 72.8 Å². The zero-order valence-corrected chi connectivity index (χ0v) is 22.5. The first-order valence-electron chi connectivity index (χ1n) is 12.4. The van der Waals surface area contributed by atoms with Gasteiger partial charge >= 0.3 is 11.9 Å². The first-order valence-corrected chi connectivity index (χ1v) is 12.8. The molecule has 202 valence electrons. The Hall–Kier alpha value is -3.68. The van der Waals surface area contributed by atoms with Crippen LogP contribution >= 0.6 is 11.6 Å². The van der Waals surface area contributed by atoms with E-state index < -0.39 is 11.9 Å². The second-order valence-electron chi connectivity index (χ2n) is 8.96. The van der Waals surface area contributed by atoms with Crippen molar-refractivity contribution in [3.63, 3.8) is 0 Å². The van der Waals surface area contributed by atoms with Crippen LogP contribution in [-0.2, 0) is 22.4 Å². The van der Waals surface area contributed by atoms with Crippen LogP contribution in [-0.4, -0.2) is 60.1 Å². The lowest BCUT2D eigenvalue weighted by atomic mass is 9.94. The number of carboxylic acid groups (broad SMARTS) is 2. The van der Waals surface area contributed by atoms with E-state index in [1.54, 1.807) is 6.07 Å². The summed E-state index contributed by atoms with van der Waals surface area (Å²) in [7, 11) is 4.15. The second kappa shape index (κ2) is 16.2. The number of ketones is 1. The van der Waals surface area contributed by atoms with E-state index in [1.165, 1.54) is 5.56 Å². The molecule has 3 aromatic carbocycles. The molecule has 0 atom stereocenters. The third-order valence-corrected chi connectivity index (χ3v) is 5.87. The normalized spacial score (nSPS) is 10.4. The number of aryl methyl sites for hydroxylation is 2. The molecule has 0 heterocycles. The number of ether oxygens (including phenoxy) is 1. The van der Waals surface area contributed by atoms with Gasteiger partial charge in [-0.2, -0.15) is 0 Å². The summed E-state index contributed by atoms with van der Waals surface area (Å²) in [6, 6.07) is 23.4. The molecule has 0 radical (unpaired) electrons. The minimum Gasteiger partial charge on any atom is -0.494 e. The molecule has 0 aliphatic rings. The summed E-state index contributed by atoms with van der Waals surface area (Å²) in [5.41, 5.74) is 3.77. The van der Waals surface area contributed by atoms with E-state index in [1.807, 2.05) is 42.5 Å². The molecule has 0 aliphatic carbocycles. The zero-order valence-electron chi connectivity index (χ0n) is 21.7. The highest BCUT2D eigenvalue weighted by molar-refractivity contribution is 6.31. The van der Waals surface area contributed by atoms with Crippen molar-refractivity contribution in [2.45, 2.75) is 32.1 Å². The monoisotopic (exact) mass is 539 g/mol. The Balaban J connectivity index is 0.000000757. The summed E-state index contributed by atoms with van der Waals surface area (Å²) in [6.07, 6.45) is 4.97. The van der Waals surface area contributed by atoms with Crippen molar-refractivity contribution in [3.8, 4) is 5.75 Å². The van der Waals surface area contributed by atoms with Gasteiger partial charge in [0.1, 0.15) is 5.75 Å². The molecule has 7 nitrogen and oxygen atoms in total. The van der Waals surface area contributed by atoms with Crippen LogP contribution in [0.5, 0.6) is 5.75 Å². The summed E-state index contributed by atoms with van der Waals surface area (Å²) >= 11 is 6.19. The van der Waals surface area contributed by atoms with Gasteiger partial charge < -0.3 is 19.8 Å². The Bertz CT molecular complexity index is 1170. The second-order valence-corrected chi connectivity index (χ2v) is 9.40. The van der Waals surface area contributed by atoms with Crippen LogP contribution in [0.1, 0.15) is 46.3 Å². The number of carbonyl (C=O) groups is 3. The van der Waals surface area contributed by atoms with Crippen LogP contribution in [0, 0.1) is 0 Å². The lowest BCUT2D eigenvalue weighted by molar-refractivity contribution is -0.159. The Kier molecular flexibility index (Phi) is 13.0. The van der Waals surface area contributed by atoms with Gasteiger partial charge in [0, 0.05) is 22.7 Å². The van der Waals surface area contributed by atoms with Crippen LogP contribution < -0.4 is 4.74 Å². The molecule has 0 aromatic heterocycles. The summed E-state index contributed by atoms with van der Waals surface area (Å²) in [5.74, 6) is -2.69. The molecule has 38 heavy (non-hydrogen) atoms. The molecule has 0 saturated heterocycles. The SMILES string of the molecule is CN(C)CCCOc1ccc(CCCCc2ccc(Cl)cc2C(=O)c2ccccc2)cc1.O=C(O)C(=O)O. The van der Waals surface area contributed by atoms with E-state index in [9.17, 15) is 4.79 Å². The van der Waals surface area contributed by atoms with E-state index in [2.05, 4.69) is 43.3 Å². The van der Waals surface area contributed by atoms with Crippen LogP contribution in [0.25, 0.3) is 0 Å². The zero-order chi connectivity index (χ0) is 27.9. The molecule has 0 amide bonds. The minimum atomic E-state index is -1.82. The lowest BCUT2D eigenvalue weighted by Crippen LogP contribution is -2.15. The van der Waals surface area contributed by atoms with E-state index >= 15 is 0 Å². The number of halogens is 1. The van der Waals surface area contributed by atoms with Crippen molar-refractivity contribution in [2.75, 3.05) is 27.2 Å². The number of hydrogen-bond acceptors (Lipinski definition) is 5. The van der Waals surface area contributed by atoms with Crippen molar-refractivity contribution < 1.29 is 29.3 Å². The third kappa shape index (κ3) is 11.2. The molecule has 3 aromatic rings. The largest absolute Gasteiger partial charge is 0.494 e. The predicted octanol–water partition coefficient (Wildman–Crippen LogP) is 5.62. The first kappa shape index (κ1) is 30.5. The number of rotatable bonds is 12. The van der Waals surface area contributed by atoms with Crippen molar-refractivity contribution in [1.29, 1.82) is 0 Å². The van der Waals surface area contributed by atoms with Gasteiger partial charge in [-0.15, -0.1) is 0 Å². The minimum absolute atomic E-state index is 0.0317. The maximum atomic E-state index is 13.0. The number of nitrogens with zero attached hydrogens (tertiary/aromatic N) is 1. The average Bonchev–Trinajstić information content (AvgIpc) is 2.90. The Morgan fingerprint density at radius 1 is 0.816 bits per heavy atom. The summed E-state index contributed by atoms with van der Waals surface area (Å²) in [4.78, 5) is 33.3. The molecule has 0 spiro atoms. The summed E-state index contributed by atoms with van der Waals surface area (Å²) < 4.78 is 5.81. The van der Waals surface area contributed by atoms with E-state index in [0.717, 1.165) is 56.6 Å². The fourth-order valence-corrected chi connectivity index (χ4v) is 3.86. The highest BCUT2D eigenvalue weighted by Crippen LogP contribution is 2.22. The van der Waals surface area contributed by atoms with Crippen molar-refractivity contribution in [1.82, 2.24) is 4.90 Å². The number of carbonyl (C=O) groups excluding carboxylic acids is 1. The van der Waals surface area contributed by atoms with Crippen LogP contribution in [0.2, 0.25) is 5.02 Å². The van der Waals surface area contributed by atoms with Crippen molar-refractivity contribution in [2.24, 2.45) is 0 Å². The number of benzene rings is 3.